The Morgan fingerprint density at radius 1 is 0.960 bits per heavy atom. The molecular formula is C37H51F2N5O5S. The van der Waals surface area contributed by atoms with Crippen LogP contribution in [0.3, 0.4) is 0 Å². The van der Waals surface area contributed by atoms with Crippen LogP contribution in [0.4, 0.5) is 19.3 Å². The van der Waals surface area contributed by atoms with Crippen LogP contribution >= 0.6 is 0 Å². The second-order valence-electron chi connectivity index (χ2n) is 15.4. The van der Waals surface area contributed by atoms with Gasteiger partial charge in [0.2, 0.25) is 0 Å². The van der Waals surface area contributed by atoms with Gasteiger partial charge in [-0.05, 0) is 118 Å². The normalized spacial score (nSPS) is 26.5. The lowest BCUT2D eigenvalue weighted by Gasteiger charge is -2.51. The van der Waals surface area contributed by atoms with Crippen molar-refractivity contribution in [2.75, 3.05) is 77.0 Å². The van der Waals surface area contributed by atoms with Crippen molar-refractivity contribution in [3.05, 3.63) is 59.9 Å². The maximum Gasteiger partial charge on any atom is 0.404 e. The lowest BCUT2D eigenvalue weighted by molar-refractivity contribution is -0.00951. The van der Waals surface area contributed by atoms with Crippen LogP contribution in [-0.2, 0) is 9.84 Å². The standard InChI is InChI=1S/C37H51F2N5O5S/c38-28-5-1-4-27(20-28)35(43-14-3-15-43)34(32-6-2-7-33(32)40-36(46)47)26-12-16-41(17-13-26)23-37(39)24-44(25-37)29-8-10-30(11-9-29)50(48,49)31-21-42(22-31)18-19-45/h1,4-5,8-11,20,26,31-35,40,45H,2-3,6-7,12-19,21-25H2,(H,46,47)/t32-,33-,34-,35+/m0/s1. The maximum atomic E-state index is 16.1. The van der Waals surface area contributed by atoms with Gasteiger partial charge < -0.3 is 20.4 Å². The van der Waals surface area contributed by atoms with Crippen molar-refractivity contribution < 1.29 is 32.2 Å². The molecule has 4 heterocycles. The van der Waals surface area contributed by atoms with E-state index in [1.54, 1.807) is 36.4 Å². The number of likely N-dealkylation sites (tertiary alicyclic amines) is 3. The first-order chi connectivity index (χ1) is 24.0. The number of benzene rings is 2. The van der Waals surface area contributed by atoms with Crippen LogP contribution in [-0.4, -0.2) is 128 Å². The molecule has 5 aliphatic rings. The number of hydrogen-bond acceptors (Lipinski definition) is 8. The van der Waals surface area contributed by atoms with Crippen molar-refractivity contribution in [1.29, 1.82) is 0 Å². The molecule has 1 saturated carbocycles. The van der Waals surface area contributed by atoms with Gasteiger partial charge in [-0.15, -0.1) is 0 Å². The Balaban J connectivity index is 0.977. The lowest BCUT2D eigenvalue weighted by Crippen LogP contribution is -2.64. The summed E-state index contributed by atoms with van der Waals surface area (Å²) in [4.78, 5) is 20.6. The van der Waals surface area contributed by atoms with Crippen LogP contribution in [0, 0.1) is 23.6 Å². The number of nitrogens with one attached hydrogen (secondary N) is 1. The number of halogens is 2. The number of alkyl halides is 1. The van der Waals surface area contributed by atoms with E-state index in [4.69, 9.17) is 5.11 Å². The Hall–Kier alpha value is -2.84. The summed E-state index contributed by atoms with van der Waals surface area (Å²) >= 11 is 0. The quantitative estimate of drug-likeness (QED) is 0.283. The van der Waals surface area contributed by atoms with E-state index in [9.17, 15) is 22.7 Å². The zero-order chi connectivity index (χ0) is 35.0. The zero-order valence-corrected chi connectivity index (χ0v) is 29.5. The fourth-order valence-corrected chi connectivity index (χ4v) is 11.2. The van der Waals surface area contributed by atoms with Gasteiger partial charge in [0.25, 0.3) is 0 Å². The summed E-state index contributed by atoms with van der Waals surface area (Å²) in [5.74, 6) is 0.368. The Labute approximate surface area is 294 Å². The number of carboxylic acid groups (broad SMARTS) is 1. The summed E-state index contributed by atoms with van der Waals surface area (Å²) in [6.45, 7) is 5.60. The average molecular weight is 716 g/mol. The number of β-amino-alcohol motifs (C(OH)–C–C–N with tert-alkyl or cyclic N) is 1. The molecule has 50 heavy (non-hydrogen) atoms. The molecule has 4 atom stereocenters. The molecule has 3 N–H and O–H groups in total. The maximum absolute atomic E-state index is 16.1. The number of aliphatic hydroxyl groups is 1. The van der Waals surface area contributed by atoms with Crippen LogP contribution in [0.25, 0.3) is 0 Å². The third kappa shape index (κ3) is 7.39. The molecule has 5 fully saturated rings. The number of amides is 1. The summed E-state index contributed by atoms with van der Waals surface area (Å²) in [5.41, 5.74) is 0.418. The Bertz CT molecular complexity index is 1590. The summed E-state index contributed by atoms with van der Waals surface area (Å²) < 4.78 is 56.7. The summed E-state index contributed by atoms with van der Waals surface area (Å²) in [7, 11) is -3.45. The van der Waals surface area contributed by atoms with E-state index in [-0.39, 0.29) is 54.3 Å². The van der Waals surface area contributed by atoms with Crippen molar-refractivity contribution in [3.63, 3.8) is 0 Å². The van der Waals surface area contributed by atoms with Gasteiger partial charge in [0.1, 0.15) is 5.82 Å². The van der Waals surface area contributed by atoms with E-state index in [0.29, 0.717) is 32.1 Å². The van der Waals surface area contributed by atoms with Crippen molar-refractivity contribution in [2.24, 2.45) is 17.8 Å². The monoisotopic (exact) mass is 715 g/mol. The van der Waals surface area contributed by atoms with Crippen molar-refractivity contribution in [2.45, 2.75) is 66.4 Å². The molecule has 0 spiro atoms. The molecule has 4 aliphatic heterocycles. The van der Waals surface area contributed by atoms with E-state index in [0.717, 1.165) is 76.0 Å². The zero-order valence-electron chi connectivity index (χ0n) is 28.7. The van der Waals surface area contributed by atoms with Crippen LogP contribution in [0.15, 0.2) is 53.4 Å². The van der Waals surface area contributed by atoms with Gasteiger partial charge in [-0.1, -0.05) is 18.6 Å². The number of nitrogens with zero attached hydrogens (tertiary/aromatic N) is 4. The Morgan fingerprint density at radius 2 is 1.68 bits per heavy atom. The van der Waals surface area contributed by atoms with Gasteiger partial charge in [-0.25, -0.2) is 22.0 Å². The van der Waals surface area contributed by atoms with Gasteiger partial charge in [0.15, 0.2) is 15.5 Å². The van der Waals surface area contributed by atoms with E-state index in [2.05, 4.69) is 15.1 Å². The minimum atomic E-state index is -3.45. The second kappa shape index (κ2) is 14.7. The highest BCUT2D eigenvalue weighted by Gasteiger charge is 2.49. The predicted molar refractivity (Wildman–Crippen MR) is 187 cm³/mol. The van der Waals surface area contributed by atoms with E-state index >= 15 is 4.39 Å². The smallest absolute Gasteiger partial charge is 0.404 e. The van der Waals surface area contributed by atoms with Gasteiger partial charge in [0.05, 0.1) is 29.8 Å². The molecule has 4 saturated heterocycles. The Kier molecular flexibility index (Phi) is 10.4. The van der Waals surface area contributed by atoms with Crippen molar-refractivity contribution in [1.82, 2.24) is 20.0 Å². The molecule has 0 unspecified atom stereocenters. The predicted octanol–water partition coefficient (Wildman–Crippen LogP) is 4.02. The third-order valence-corrected chi connectivity index (χ3v) is 14.3. The number of piperidine rings is 1. The minimum Gasteiger partial charge on any atom is -0.465 e. The van der Waals surface area contributed by atoms with E-state index < -0.39 is 26.8 Å². The number of aliphatic hydroxyl groups excluding tert-OH is 1. The molecule has 1 amide bonds. The minimum absolute atomic E-state index is 0.0122. The van der Waals surface area contributed by atoms with Gasteiger partial charge in [-0.3, -0.25) is 14.7 Å². The first-order valence-electron chi connectivity index (χ1n) is 18.4. The van der Waals surface area contributed by atoms with Crippen molar-refractivity contribution in [3.8, 4) is 0 Å². The Morgan fingerprint density at radius 3 is 2.30 bits per heavy atom. The van der Waals surface area contributed by atoms with E-state index in [1.807, 2.05) is 15.9 Å². The fraction of sp³-hybridized carbons (Fsp3) is 0.649. The van der Waals surface area contributed by atoms with Crippen LogP contribution in [0.1, 0.15) is 50.1 Å². The summed E-state index contributed by atoms with van der Waals surface area (Å²) in [5, 5.41) is 21.1. The fourth-order valence-electron chi connectivity index (χ4n) is 9.51. The number of hydrogen-bond donors (Lipinski definition) is 3. The number of rotatable bonds is 13. The van der Waals surface area contributed by atoms with Gasteiger partial charge in [0, 0.05) is 44.0 Å². The SMILES string of the molecule is O=C(O)N[C@H]1CCC[C@@H]1[C@H](C1CCN(CC2(F)CN(c3ccc(S(=O)(=O)C4CN(CCO)C4)cc3)C2)CC1)[C@@H](c1cccc(F)c1)N1CCC1. The summed E-state index contributed by atoms with van der Waals surface area (Å²) in [6, 6.07) is 13.6. The largest absolute Gasteiger partial charge is 0.465 e. The number of carbonyl (C=O) groups is 1. The first kappa shape index (κ1) is 35.6. The number of sulfone groups is 1. The van der Waals surface area contributed by atoms with Crippen LogP contribution < -0.4 is 10.2 Å². The second-order valence-corrected chi connectivity index (χ2v) is 17.6. The highest BCUT2D eigenvalue weighted by molar-refractivity contribution is 7.92. The molecule has 0 aromatic heterocycles. The molecule has 10 nitrogen and oxygen atoms in total. The molecule has 13 heteroatoms. The number of anilines is 1. The van der Waals surface area contributed by atoms with Crippen LogP contribution in [0.2, 0.25) is 0 Å². The van der Waals surface area contributed by atoms with Gasteiger partial charge in [-0.2, -0.15) is 0 Å². The van der Waals surface area contributed by atoms with Gasteiger partial charge >= 0.3 is 6.09 Å². The van der Waals surface area contributed by atoms with Crippen LogP contribution in [0.5, 0.6) is 0 Å². The molecule has 0 radical (unpaired) electrons. The molecule has 2 aromatic rings. The first-order valence-corrected chi connectivity index (χ1v) is 19.9. The molecule has 0 bridgehead atoms. The van der Waals surface area contributed by atoms with Crippen molar-refractivity contribution >= 4 is 21.6 Å². The highest BCUT2D eigenvalue weighted by atomic mass is 32.2. The average Bonchev–Trinajstić information content (AvgIpc) is 3.47. The molecule has 274 valence electrons. The topological polar surface area (TPSA) is 117 Å². The highest BCUT2D eigenvalue weighted by Crippen LogP contribution is 2.49. The molecular weight excluding hydrogens is 665 g/mol. The third-order valence-electron chi connectivity index (χ3n) is 12.2. The van der Waals surface area contributed by atoms with E-state index in [1.165, 1.54) is 6.07 Å². The lowest BCUT2D eigenvalue weighted by atomic mass is 9.68. The molecule has 1 aliphatic carbocycles. The summed E-state index contributed by atoms with van der Waals surface area (Å²) in [6.07, 6.45) is 4.59. The molecule has 7 rings (SSSR count). The molecule has 2 aromatic carbocycles.